The predicted molar refractivity (Wildman–Crippen MR) is 225 cm³/mol. The number of rotatable bonds is 13. The third-order valence-electron chi connectivity index (χ3n) is 5.98. The van der Waals surface area contributed by atoms with E-state index in [0.717, 1.165) is 35.6 Å². The van der Waals surface area contributed by atoms with Gasteiger partial charge in [-0.15, -0.1) is 0 Å². The van der Waals surface area contributed by atoms with E-state index in [1.807, 2.05) is 127 Å². The number of carbonyl (C=O) groups is 1. The van der Waals surface area contributed by atoms with Crippen LogP contribution in [0, 0.1) is 5.92 Å². The fraction of sp³-hybridized carbons (Fsp3) is 0.457. The zero-order valence-corrected chi connectivity index (χ0v) is 34.6. The van der Waals surface area contributed by atoms with Gasteiger partial charge < -0.3 is 18.9 Å². The Balaban J connectivity index is 0.000000681. The summed E-state index contributed by atoms with van der Waals surface area (Å²) in [5.41, 5.74) is 3.85. The van der Waals surface area contributed by atoms with Crippen LogP contribution in [0.4, 0.5) is 0 Å². The van der Waals surface area contributed by atoms with E-state index in [1.54, 1.807) is 18.3 Å². The molecule has 2 aromatic heterocycles. The Bertz CT molecular complexity index is 1500. The first-order valence-electron chi connectivity index (χ1n) is 18.9. The fourth-order valence-electron chi connectivity index (χ4n) is 3.73. The summed E-state index contributed by atoms with van der Waals surface area (Å²) in [7, 11) is 0. The molecule has 0 unspecified atom stereocenters. The standard InChI is InChI=1S/C15H17NO.C11H15NO.C10H12O2.C6H14O.C4H10/c1-12(2)17-9-5-6-13-10-14-7-3-4-8-15(14)16-11-13;1-10(2)13-8-4-6-11-5-3-7-12-9-11;1-8(2)12-10(11)9-6-4-3-5-7-9;1-4-5-7-6(2)3;1-4(2)3/h3-8,10-12H,9H2,1-2H3;3-7,9-10H,8H2,1-2H3;3-8H,1-2H3;6H,4-5H2,1-3H3;4H,1-3H3/b6-5+;6-4+;;;. The molecule has 0 aliphatic rings. The van der Waals surface area contributed by atoms with Crippen LogP contribution in [0.5, 0.6) is 0 Å². The molecule has 292 valence electrons. The SMILES string of the molecule is CC(C)C.CC(C)OC(=O)c1ccccc1.CC(C)OC/C=C/c1cccnc1.CC(C)OC/C=C/c1cnc2ccccc2c1.CCCOC(C)C. The van der Waals surface area contributed by atoms with Crippen LogP contribution < -0.4 is 0 Å². The number of esters is 1. The highest BCUT2D eigenvalue weighted by molar-refractivity contribution is 5.89. The molecule has 4 rings (SSSR count). The van der Waals surface area contributed by atoms with Gasteiger partial charge in [-0.2, -0.15) is 0 Å². The van der Waals surface area contributed by atoms with Crippen molar-refractivity contribution in [3.05, 3.63) is 120 Å². The summed E-state index contributed by atoms with van der Waals surface area (Å²) >= 11 is 0. The number of hydrogen-bond donors (Lipinski definition) is 0. The summed E-state index contributed by atoms with van der Waals surface area (Å²) < 4.78 is 21.0. The average Bonchev–Trinajstić information content (AvgIpc) is 3.12. The minimum absolute atomic E-state index is 0.0577. The van der Waals surface area contributed by atoms with Crippen LogP contribution in [0.25, 0.3) is 23.1 Å². The molecule has 0 bridgehead atoms. The van der Waals surface area contributed by atoms with Gasteiger partial charge in [0.2, 0.25) is 0 Å². The maximum absolute atomic E-state index is 11.2. The van der Waals surface area contributed by atoms with Gasteiger partial charge in [0.1, 0.15) is 0 Å². The summed E-state index contributed by atoms with van der Waals surface area (Å²) in [4.78, 5) is 19.6. The van der Waals surface area contributed by atoms with Crippen LogP contribution >= 0.6 is 0 Å². The van der Waals surface area contributed by atoms with Gasteiger partial charge in [-0.25, -0.2) is 4.79 Å². The largest absolute Gasteiger partial charge is 0.459 e. The summed E-state index contributed by atoms with van der Waals surface area (Å²) in [6.07, 6.45) is 15.6. The van der Waals surface area contributed by atoms with Crippen molar-refractivity contribution in [3.63, 3.8) is 0 Å². The van der Waals surface area contributed by atoms with E-state index in [9.17, 15) is 4.79 Å². The Morgan fingerprint density at radius 1 is 0.642 bits per heavy atom. The number of pyridine rings is 2. The van der Waals surface area contributed by atoms with Gasteiger partial charge in [-0.3, -0.25) is 9.97 Å². The molecule has 0 saturated carbocycles. The number of hydrogen-bond acceptors (Lipinski definition) is 7. The lowest BCUT2D eigenvalue weighted by molar-refractivity contribution is 0.0377. The second-order valence-corrected chi connectivity index (χ2v) is 13.8. The molecule has 0 atom stereocenters. The lowest BCUT2D eigenvalue weighted by atomic mass is 10.1. The third-order valence-corrected chi connectivity index (χ3v) is 5.98. The third kappa shape index (κ3) is 30.0. The van der Waals surface area contributed by atoms with E-state index < -0.39 is 0 Å². The Morgan fingerprint density at radius 2 is 1.19 bits per heavy atom. The van der Waals surface area contributed by atoms with Crippen LogP contribution in [-0.2, 0) is 18.9 Å². The molecule has 7 nitrogen and oxygen atoms in total. The van der Waals surface area contributed by atoms with Gasteiger partial charge in [0.15, 0.2) is 0 Å². The van der Waals surface area contributed by atoms with Crippen LogP contribution in [0.1, 0.15) is 111 Å². The van der Waals surface area contributed by atoms with Gasteiger partial charge in [0.25, 0.3) is 0 Å². The van der Waals surface area contributed by atoms with E-state index >= 15 is 0 Å². The van der Waals surface area contributed by atoms with Crippen molar-refractivity contribution in [2.75, 3.05) is 19.8 Å². The summed E-state index contributed by atoms with van der Waals surface area (Å²) in [5, 5.41) is 1.17. The molecule has 0 aliphatic heterocycles. The fourth-order valence-corrected chi connectivity index (χ4v) is 3.73. The van der Waals surface area contributed by atoms with E-state index in [0.29, 0.717) is 31.0 Å². The molecule has 53 heavy (non-hydrogen) atoms. The maximum atomic E-state index is 11.2. The molecule has 0 spiro atoms. The topological polar surface area (TPSA) is 79.8 Å². The summed E-state index contributed by atoms with van der Waals surface area (Å²) in [6, 6.07) is 23.2. The minimum atomic E-state index is -0.259. The average molecular weight is 729 g/mol. The minimum Gasteiger partial charge on any atom is -0.459 e. The first-order valence-corrected chi connectivity index (χ1v) is 18.9. The Hall–Kier alpha value is -4.17. The van der Waals surface area contributed by atoms with Gasteiger partial charge >= 0.3 is 5.97 Å². The molecule has 0 N–H and O–H groups in total. The zero-order valence-electron chi connectivity index (χ0n) is 34.6. The quantitative estimate of drug-likeness (QED) is 0.127. The second kappa shape index (κ2) is 31.4. The zero-order chi connectivity index (χ0) is 39.9. The molecular weight excluding hydrogens is 661 g/mol. The molecule has 4 aromatic rings. The molecule has 2 heterocycles. The Kier molecular flexibility index (Phi) is 28.9. The Morgan fingerprint density at radius 3 is 1.68 bits per heavy atom. The van der Waals surface area contributed by atoms with Crippen molar-refractivity contribution < 1.29 is 23.7 Å². The monoisotopic (exact) mass is 729 g/mol. The molecule has 0 amide bonds. The summed E-state index contributed by atoms with van der Waals surface area (Å²) in [5.74, 6) is 0.575. The van der Waals surface area contributed by atoms with Crippen molar-refractivity contribution in [2.24, 2.45) is 5.92 Å². The van der Waals surface area contributed by atoms with Crippen molar-refractivity contribution in [1.82, 2.24) is 9.97 Å². The van der Waals surface area contributed by atoms with E-state index in [-0.39, 0.29) is 18.2 Å². The molecule has 2 aromatic carbocycles. The number of para-hydroxylation sites is 1. The van der Waals surface area contributed by atoms with Crippen molar-refractivity contribution in [2.45, 2.75) is 114 Å². The second-order valence-electron chi connectivity index (χ2n) is 13.8. The number of carbonyl (C=O) groups excluding carboxylic acids is 1. The van der Waals surface area contributed by atoms with Crippen LogP contribution in [0.3, 0.4) is 0 Å². The summed E-state index contributed by atoms with van der Waals surface area (Å²) in [6.45, 7) is 26.7. The van der Waals surface area contributed by atoms with Gasteiger partial charge in [-0.1, -0.05) is 94.5 Å². The number of ether oxygens (including phenoxy) is 4. The number of benzene rings is 2. The molecule has 0 fully saturated rings. The molecular formula is C46H68N2O5. The maximum Gasteiger partial charge on any atom is 0.338 e. The smallest absolute Gasteiger partial charge is 0.338 e. The lowest BCUT2D eigenvalue weighted by Crippen LogP contribution is -2.11. The van der Waals surface area contributed by atoms with Crippen molar-refractivity contribution in [1.29, 1.82) is 0 Å². The van der Waals surface area contributed by atoms with Crippen LogP contribution in [0.15, 0.2) is 104 Å². The number of aromatic nitrogens is 2. The Labute approximate surface area is 321 Å². The molecule has 0 aliphatic carbocycles. The number of nitrogens with zero attached hydrogens (tertiary/aromatic N) is 2. The van der Waals surface area contributed by atoms with Gasteiger partial charge in [0.05, 0.1) is 48.7 Å². The lowest BCUT2D eigenvalue weighted by Gasteiger charge is -2.06. The first kappa shape index (κ1) is 48.8. The van der Waals surface area contributed by atoms with E-state index in [1.165, 1.54) is 5.39 Å². The highest BCUT2D eigenvalue weighted by atomic mass is 16.5. The van der Waals surface area contributed by atoms with Crippen molar-refractivity contribution in [3.8, 4) is 0 Å². The molecule has 0 radical (unpaired) electrons. The highest BCUT2D eigenvalue weighted by Crippen LogP contribution is 2.13. The van der Waals surface area contributed by atoms with E-state index in [4.69, 9.17) is 18.9 Å². The number of fused-ring (bicyclic) bond motifs is 1. The predicted octanol–water partition coefficient (Wildman–Crippen LogP) is 11.9. The molecule has 0 saturated heterocycles. The highest BCUT2D eigenvalue weighted by Gasteiger charge is 2.06. The van der Waals surface area contributed by atoms with E-state index in [2.05, 4.69) is 63.6 Å². The van der Waals surface area contributed by atoms with Crippen molar-refractivity contribution >= 4 is 29.0 Å². The molecule has 7 heteroatoms. The van der Waals surface area contributed by atoms with Crippen LogP contribution in [-0.4, -0.2) is 60.2 Å². The van der Waals surface area contributed by atoms with Crippen LogP contribution in [0.2, 0.25) is 0 Å². The normalized spacial score (nSPS) is 10.8. The van der Waals surface area contributed by atoms with Gasteiger partial charge in [-0.05, 0) is 109 Å². The van der Waals surface area contributed by atoms with Gasteiger partial charge in [0, 0.05) is 30.6 Å². The first-order chi connectivity index (χ1) is 25.2.